The lowest BCUT2D eigenvalue weighted by Gasteiger charge is -2.27. The summed E-state index contributed by atoms with van der Waals surface area (Å²) in [6.07, 6.45) is 0. The third-order valence-electron chi connectivity index (χ3n) is 3.13. The summed E-state index contributed by atoms with van der Waals surface area (Å²) in [6.45, 7) is 3.32. The number of carbonyl (C=O) groups is 3. The van der Waals surface area contributed by atoms with Crippen LogP contribution in [0.3, 0.4) is 0 Å². The van der Waals surface area contributed by atoms with Gasteiger partial charge in [-0.3, -0.25) is 19.3 Å². The molecule has 1 atom stereocenters. The first-order valence-corrected chi connectivity index (χ1v) is 7.83. The molecule has 3 amide bonds. The lowest BCUT2D eigenvalue weighted by molar-refractivity contribution is -0.145. The second-order valence-corrected chi connectivity index (χ2v) is 6.52. The number of hydrogen-bond donors (Lipinski definition) is 1. The van der Waals surface area contributed by atoms with Crippen molar-refractivity contribution in [3.05, 3.63) is 28.8 Å². The van der Waals surface area contributed by atoms with E-state index in [9.17, 15) is 14.4 Å². The third kappa shape index (κ3) is 3.77. The zero-order chi connectivity index (χ0) is 15.6. The summed E-state index contributed by atoms with van der Waals surface area (Å²) in [7, 11) is 0. The maximum absolute atomic E-state index is 12.0. The van der Waals surface area contributed by atoms with Crippen molar-refractivity contribution in [2.75, 3.05) is 17.6 Å². The molecular formula is C14H15ClN2O3S. The Bertz CT molecular complexity index is 606. The highest BCUT2D eigenvalue weighted by Gasteiger charge is 2.33. The number of aryl methyl sites for hydroxylation is 1. The normalized spacial score (nSPS) is 18.8. The third-order valence-corrected chi connectivity index (χ3v) is 4.65. The average Bonchev–Trinajstić information content (AvgIpc) is 2.43. The number of halogens is 1. The van der Waals surface area contributed by atoms with Crippen molar-refractivity contribution in [2.24, 2.45) is 0 Å². The predicted octanol–water partition coefficient (Wildman–Crippen LogP) is 2.08. The molecule has 5 nitrogen and oxygen atoms in total. The highest BCUT2D eigenvalue weighted by atomic mass is 35.5. The highest BCUT2D eigenvalue weighted by Crippen LogP contribution is 2.21. The van der Waals surface area contributed by atoms with Crippen LogP contribution in [0.4, 0.5) is 5.69 Å². The van der Waals surface area contributed by atoms with Gasteiger partial charge in [-0.2, -0.15) is 0 Å². The van der Waals surface area contributed by atoms with Crippen LogP contribution in [0.5, 0.6) is 0 Å². The van der Waals surface area contributed by atoms with Crippen LogP contribution >= 0.6 is 23.4 Å². The van der Waals surface area contributed by atoms with Gasteiger partial charge in [-0.1, -0.05) is 17.7 Å². The molecule has 0 saturated carbocycles. The molecule has 1 aliphatic rings. The SMILES string of the molecule is Cc1ccc(NC(=O)CN2C(=O)CSC(C)C2=O)cc1Cl. The second kappa shape index (κ2) is 6.49. The number of rotatable bonds is 3. The van der Waals surface area contributed by atoms with Crippen molar-refractivity contribution >= 4 is 46.8 Å². The molecule has 1 fully saturated rings. The molecule has 1 aliphatic heterocycles. The fourth-order valence-corrected chi connectivity index (χ4v) is 2.87. The maximum atomic E-state index is 12.0. The molecule has 1 unspecified atom stereocenters. The molecule has 1 saturated heterocycles. The minimum Gasteiger partial charge on any atom is -0.324 e. The zero-order valence-corrected chi connectivity index (χ0v) is 13.3. The molecule has 2 rings (SSSR count). The maximum Gasteiger partial charge on any atom is 0.244 e. The minimum atomic E-state index is -0.421. The predicted molar refractivity (Wildman–Crippen MR) is 83.5 cm³/mol. The topological polar surface area (TPSA) is 66.5 Å². The Morgan fingerprint density at radius 2 is 2.19 bits per heavy atom. The van der Waals surface area contributed by atoms with Crippen LogP contribution in [0.15, 0.2) is 18.2 Å². The van der Waals surface area contributed by atoms with Crippen LogP contribution in [-0.2, 0) is 14.4 Å². The van der Waals surface area contributed by atoms with Crippen LogP contribution in [0.2, 0.25) is 5.02 Å². The zero-order valence-electron chi connectivity index (χ0n) is 11.7. The number of thioether (sulfide) groups is 1. The average molecular weight is 327 g/mol. The summed E-state index contributed by atoms with van der Waals surface area (Å²) in [6, 6.07) is 5.14. The summed E-state index contributed by atoms with van der Waals surface area (Å²) in [5.74, 6) is -0.861. The van der Waals surface area contributed by atoms with Gasteiger partial charge in [-0.25, -0.2) is 0 Å². The van der Waals surface area contributed by atoms with Crippen LogP contribution in [0, 0.1) is 6.92 Å². The molecule has 0 bridgehead atoms. The standard InChI is InChI=1S/C14H15ClN2O3S/c1-8-3-4-10(5-11(8)15)16-12(18)6-17-13(19)7-21-9(2)14(17)20/h3-5,9H,6-7H2,1-2H3,(H,16,18). The van der Waals surface area contributed by atoms with Crippen molar-refractivity contribution in [3.8, 4) is 0 Å². The number of amides is 3. The molecule has 1 heterocycles. The lowest BCUT2D eigenvalue weighted by Crippen LogP contribution is -2.49. The Hall–Kier alpha value is -1.53. The Balaban J connectivity index is 2.02. The molecule has 0 aliphatic carbocycles. The summed E-state index contributed by atoms with van der Waals surface area (Å²) in [5.41, 5.74) is 1.44. The van der Waals surface area contributed by atoms with E-state index in [1.807, 2.05) is 6.92 Å². The quantitative estimate of drug-likeness (QED) is 0.864. The number of anilines is 1. The van der Waals surface area contributed by atoms with E-state index in [1.165, 1.54) is 11.8 Å². The van der Waals surface area contributed by atoms with Crippen molar-refractivity contribution in [1.29, 1.82) is 0 Å². The lowest BCUT2D eigenvalue weighted by atomic mass is 10.2. The van der Waals surface area contributed by atoms with E-state index in [-0.39, 0.29) is 29.4 Å². The van der Waals surface area contributed by atoms with E-state index in [1.54, 1.807) is 25.1 Å². The van der Waals surface area contributed by atoms with E-state index in [4.69, 9.17) is 11.6 Å². The van der Waals surface area contributed by atoms with Gasteiger partial charge in [0.1, 0.15) is 6.54 Å². The molecule has 21 heavy (non-hydrogen) atoms. The van der Waals surface area contributed by atoms with Crippen LogP contribution in [-0.4, -0.2) is 40.2 Å². The number of nitrogens with one attached hydrogen (secondary N) is 1. The Morgan fingerprint density at radius 1 is 1.48 bits per heavy atom. The van der Waals surface area contributed by atoms with Crippen molar-refractivity contribution in [1.82, 2.24) is 4.90 Å². The van der Waals surface area contributed by atoms with E-state index in [0.717, 1.165) is 10.5 Å². The van der Waals surface area contributed by atoms with Crippen LogP contribution in [0.1, 0.15) is 12.5 Å². The van der Waals surface area contributed by atoms with Crippen LogP contribution < -0.4 is 5.32 Å². The van der Waals surface area contributed by atoms with Gasteiger partial charge in [0.05, 0.1) is 11.0 Å². The fraction of sp³-hybridized carbons (Fsp3) is 0.357. The molecule has 0 spiro atoms. The van der Waals surface area contributed by atoms with E-state index < -0.39 is 5.91 Å². The van der Waals surface area contributed by atoms with Gasteiger partial charge >= 0.3 is 0 Å². The molecule has 112 valence electrons. The molecule has 1 aromatic carbocycles. The smallest absolute Gasteiger partial charge is 0.244 e. The molecule has 1 aromatic rings. The van der Waals surface area contributed by atoms with Gasteiger partial charge in [0.15, 0.2) is 0 Å². The van der Waals surface area contributed by atoms with Crippen molar-refractivity contribution < 1.29 is 14.4 Å². The summed E-state index contributed by atoms with van der Waals surface area (Å²) >= 11 is 7.26. The largest absolute Gasteiger partial charge is 0.324 e. The monoisotopic (exact) mass is 326 g/mol. The number of nitrogens with zero attached hydrogens (tertiary/aromatic N) is 1. The second-order valence-electron chi connectivity index (χ2n) is 4.78. The number of carbonyl (C=O) groups excluding carboxylic acids is 3. The molecule has 1 N–H and O–H groups in total. The summed E-state index contributed by atoms with van der Waals surface area (Å²) in [4.78, 5) is 36.6. The van der Waals surface area contributed by atoms with E-state index >= 15 is 0 Å². The molecule has 0 radical (unpaired) electrons. The van der Waals surface area contributed by atoms with Gasteiger partial charge in [0, 0.05) is 10.7 Å². The first-order chi connectivity index (χ1) is 9.88. The number of hydrogen-bond acceptors (Lipinski definition) is 4. The number of benzene rings is 1. The van der Waals surface area contributed by atoms with E-state index in [0.29, 0.717) is 10.7 Å². The number of imide groups is 1. The van der Waals surface area contributed by atoms with Crippen molar-refractivity contribution in [3.63, 3.8) is 0 Å². The van der Waals surface area contributed by atoms with E-state index in [2.05, 4.69) is 5.32 Å². The summed E-state index contributed by atoms with van der Waals surface area (Å²) < 4.78 is 0. The van der Waals surface area contributed by atoms with Gasteiger partial charge in [-0.05, 0) is 31.5 Å². The minimum absolute atomic E-state index is 0.219. The van der Waals surface area contributed by atoms with Crippen LogP contribution in [0.25, 0.3) is 0 Å². The van der Waals surface area contributed by atoms with Crippen molar-refractivity contribution in [2.45, 2.75) is 19.1 Å². The van der Waals surface area contributed by atoms with Gasteiger partial charge < -0.3 is 5.32 Å². The molecule has 0 aromatic heterocycles. The van der Waals surface area contributed by atoms with Gasteiger partial charge in [-0.15, -0.1) is 11.8 Å². The Kier molecular flexibility index (Phi) is 4.90. The first-order valence-electron chi connectivity index (χ1n) is 6.40. The Morgan fingerprint density at radius 3 is 2.86 bits per heavy atom. The van der Waals surface area contributed by atoms with Gasteiger partial charge in [0.25, 0.3) is 0 Å². The molecule has 7 heteroatoms. The molecular weight excluding hydrogens is 312 g/mol. The Labute approximate surface area is 132 Å². The fourth-order valence-electron chi connectivity index (χ4n) is 1.87. The summed E-state index contributed by atoms with van der Waals surface area (Å²) in [5, 5.41) is 2.88. The highest BCUT2D eigenvalue weighted by molar-refractivity contribution is 8.01. The first kappa shape index (κ1) is 15.9. The van der Waals surface area contributed by atoms with Gasteiger partial charge in [0.2, 0.25) is 17.7 Å².